The number of aliphatic hydroxyl groups is 1. The number of aliphatic hydroxyl groups excluding tert-OH is 1. The standard InChI is InChI=1S/C14H26O/c1-13(2)9-8-11-14(3)10-6-4-5-7-12-15/h4-7,13-15H,8-12H2,1-3H3. The Balaban J connectivity index is 3.44. The van der Waals surface area contributed by atoms with Crippen molar-refractivity contribution in [1.82, 2.24) is 0 Å². The minimum Gasteiger partial charge on any atom is -0.392 e. The molecule has 0 aromatic carbocycles. The van der Waals surface area contributed by atoms with Gasteiger partial charge in [-0.15, -0.1) is 0 Å². The number of hydrogen-bond donors (Lipinski definition) is 1. The summed E-state index contributed by atoms with van der Waals surface area (Å²) < 4.78 is 0. The number of hydrogen-bond acceptors (Lipinski definition) is 1. The Labute approximate surface area is 94.9 Å². The van der Waals surface area contributed by atoms with Gasteiger partial charge in [-0.25, -0.2) is 0 Å². The molecule has 0 saturated heterocycles. The molecule has 0 aliphatic carbocycles. The maximum Gasteiger partial charge on any atom is 0.0615 e. The molecule has 0 aliphatic heterocycles. The van der Waals surface area contributed by atoms with Crippen LogP contribution in [0.3, 0.4) is 0 Å². The largest absolute Gasteiger partial charge is 0.392 e. The highest BCUT2D eigenvalue weighted by atomic mass is 16.2. The van der Waals surface area contributed by atoms with E-state index in [-0.39, 0.29) is 6.61 Å². The van der Waals surface area contributed by atoms with Crippen molar-refractivity contribution in [2.45, 2.75) is 46.5 Å². The van der Waals surface area contributed by atoms with Crippen LogP contribution in [-0.2, 0) is 0 Å². The Morgan fingerprint density at radius 3 is 2.27 bits per heavy atom. The van der Waals surface area contributed by atoms with E-state index in [9.17, 15) is 0 Å². The van der Waals surface area contributed by atoms with Gasteiger partial charge < -0.3 is 5.11 Å². The Morgan fingerprint density at radius 2 is 1.67 bits per heavy atom. The molecule has 0 aromatic heterocycles. The zero-order chi connectivity index (χ0) is 11.5. The van der Waals surface area contributed by atoms with E-state index < -0.39 is 0 Å². The first-order valence-corrected chi connectivity index (χ1v) is 6.09. The third-order valence-corrected chi connectivity index (χ3v) is 2.51. The third-order valence-electron chi connectivity index (χ3n) is 2.51. The second-order valence-electron chi connectivity index (χ2n) is 4.70. The summed E-state index contributed by atoms with van der Waals surface area (Å²) in [6.45, 7) is 7.00. The molecule has 0 radical (unpaired) electrons. The molecular weight excluding hydrogens is 184 g/mol. The lowest BCUT2D eigenvalue weighted by atomic mass is 9.97. The fourth-order valence-electron chi connectivity index (χ4n) is 1.52. The monoisotopic (exact) mass is 210 g/mol. The van der Waals surface area contributed by atoms with Crippen molar-refractivity contribution >= 4 is 0 Å². The predicted octanol–water partition coefficient (Wildman–Crippen LogP) is 3.94. The maximum atomic E-state index is 8.52. The molecule has 15 heavy (non-hydrogen) atoms. The summed E-state index contributed by atoms with van der Waals surface area (Å²) in [5.74, 6) is 1.61. The van der Waals surface area contributed by atoms with Crippen molar-refractivity contribution in [2.75, 3.05) is 6.61 Å². The second-order valence-corrected chi connectivity index (χ2v) is 4.70. The molecule has 1 atom stereocenters. The molecule has 1 unspecified atom stereocenters. The van der Waals surface area contributed by atoms with Crippen molar-refractivity contribution in [3.63, 3.8) is 0 Å². The molecule has 0 saturated carbocycles. The number of rotatable bonds is 8. The molecule has 0 spiro atoms. The molecule has 0 rings (SSSR count). The highest BCUT2D eigenvalue weighted by molar-refractivity contribution is 5.02. The molecule has 0 aliphatic rings. The molecule has 0 aromatic rings. The summed E-state index contributed by atoms with van der Waals surface area (Å²) in [4.78, 5) is 0. The first-order chi connectivity index (χ1) is 7.16. The van der Waals surface area contributed by atoms with Crippen LogP contribution >= 0.6 is 0 Å². The Kier molecular flexibility index (Phi) is 9.60. The van der Waals surface area contributed by atoms with Crippen LogP contribution in [0.2, 0.25) is 0 Å². The fourth-order valence-corrected chi connectivity index (χ4v) is 1.52. The van der Waals surface area contributed by atoms with E-state index >= 15 is 0 Å². The zero-order valence-electron chi connectivity index (χ0n) is 10.4. The Bertz CT molecular complexity index is 180. The minimum atomic E-state index is 0.133. The molecule has 0 amide bonds. The van der Waals surface area contributed by atoms with Crippen LogP contribution in [0.25, 0.3) is 0 Å². The van der Waals surface area contributed by atoms with Crippen LogP contribution in [-0.4, -0.2) is 11.7 Å². The summed E-state index contributed by atoms with van der Waals surface area (Å²) in [6.07, 6.45) is 13.0. The SMILES string of the molecule is CC(C)CCCC(C)CC=CC=CCO. The van der Waals surface area contributed by atoms with E-state index in [1.165, 1.54) is 19.3 Å². The average Bonchev–Trinajstić information content (AvgIpc) is 2.17. The van der Waals surface area contributed by atoms with Crippen molar-refractivity contribution in [3.05, 3.63) is 24.3 Å². The van der Waals surface area contributed by atoms with E-state index in [0.29, 0.717) is 0 Å². The lowest BCUT2D eigenvalue weighted by Crippen LogP contribution is -1.95. The predicted molar refractivity (Wildman–Crippen MR) is 67.8 cm³/mol. The molecule has 1 nitrogen and oxygen atoms in total. The third kappa shape index (κ3) is 11.4. The van der Waals surface area contributed by atoms with Gasteiger partial charge >= 0.3 is 0 Å². The van der Waals surface area contributed by atoms with Gasteiger partial charge in [-0.3, -0.25) is 0 Å². The van der Waals surface area contributed by atoms with Crippen molar-refractivity contribution in [3.8, 4) is 0 Å². The van der Waals surface area contributed by atoms with E-state index in [0.717, 1.165) is 18.3 Å². The van der Waals surface area contributed by atoms with Gasteiger partial charge in [0.1, 0.15) is 0 Å². The minimum absolute atomic E-state index is 0.133. The molecule has 0 fully saturated rings. The summed E-state index contributed by atoms with van der Waals surface area (Å²) >= 11 is 0. The Morgan fingerprint density at radius 1 is 1.00 bits per heavy atom. The maximum absolute atomic E-state index is 8.52. The lowest BCUT2D eigenvalue weighted by Gasteiger charge is -2.09. The normalized spacial score (nSPS) is 14.5. The van der Waals surface area contributed by atoms with Crippen LogP contribution < -0.4 is 0 Å². The molecule has 88 valence electrons. The quantitative estimate of drug-likeness (QED) is 0.602. The average molecular weight is 210 g/mol. The zero-order valence-corrected chi connectivity index (χ0v) is 10.4. The molecule has 1 heteroatoms. The van der Waals surface area contributed by atoms with Crippen LogP contribution in [0.1, 0.15) is 46.5 Å². The summed E-state index contributed by atoms with van der Waals surface area (Å²) in [6, 6.07) is 0. The van der Waals surface area contributed by atoms with Crippen LogP contribution in [0.4, 0.5) is 0 Å². The van der Waals surface area contributed by atoms with Gasteiger partial charge in [0, 0.05) is 0 Å². The van der Waals surface area contributed by atoms with Crippen molar-refractivity contribution < 1.29 is 5.11 Å². The van der Waals surface area contributed by atoms with Crippen molar-refractivity contribution in [2.24, 2.45) is 11.8 Å². The molecular formula is C14H26O. The molecule has 0 bridgehead atoms. The highest BCUT2D eigenvalue weighted by Crippen LogP contribution is 2.15. The smallest absolute Gasteiger partial charge is 0.0615 e. The van der Waals surface area contributed by atoms with Gasteiger partial charge in [-0.05, 0) is 18.3 Å². The topological polar surface area (TPSA) is 20.2 Å². The first-order valence-electron chi connectivity index (χ1n) is 6.09. The van der Waals surface area contributed by atoms with Gasteiger partial charge in [-0.1, -0.05) is 64.3 Å². The van der Waals surface area contributed by atoms with Crippen LogP contribution in [0.5, 0.6) is 0 Å². The highest BCUT2D eigenvalue weighted by Gasteiger charge is 2.00. The van der Waals surface area contributed by atoms with Crippen molar-refractivity contribution in [1.29, 1.82) is 0 Å². The van der Waals surface area contributed by atoms with E-state index in [1.54, 1.807) is 6.08 Å². The Hall–Kier alpha value is -0.560. The summed E-state index contributed by atoms with van der Waals surface area (Å²) in [7, 11) is 0. The van der Waals surface area contributed by atoms with E-state index in [1.807, 2.05) is 12.2 Å². The van der Waals surface area contributed by atoms with Gasteiger partial charge in [0.15, 0.2) is 0 Å². The van der Waals surface area contributed by atoms with E-state index in [4.69, 9.17) is 5.11 Å². The van der Waals surface area contributed by atoms with E-state index in [2.05, 4.69) is 26.8 Å². The fraction of sp³-hybridized carbons (Fsp3) is 0.714. The van der Waals surface area contributed by atoms with Crippen LogP contribution in [0.15, 0.2) is 24.3 Å². The summed E-state index contributed by atoms with van der Waals surface area (Å²) in [5.41, 5.74) is 0. The number of allylic oxidation sites excluding steroid dienone is 3. The van der Waals surface area contributed by atoms with Crippen LogP contribution in [0, 0.1) is 11.8 Å². The van der Waals surface area contributed by atoms with Gasteiger partial charge in [0.25, 0.3) is 0 Å². The first kappa shape index (κ1) is 14.4. The van der Waals surface area contributed by atoms with Gasteiger partial charge in [-0.2, -0.15) is 0 Å². The lowest BCUT2D eigenvalue weighted by molar-refractivity contribution is 0.343. The molecule has 1 N–H and O–H groups in total. The summed E-state index contributed by atoms with van der Waals surface area (Å²) in [5, 5.41) is 8.52. The second kappa shape index (κ2) is 9.97. The van der Waals surface area contributed by atoms with Gasteiger partial charge in [0.05, 0.1) is 6.61 Å². The van der Waals surface area contributed by atoms with Gasteiger partial charge in [0.2, 0.25) is 0 Å². The molecule has 0 heterocycles.